The molecule has 2 amide bonds. The summed E-state index contributed by atoms with van der Waals surface area (Å²) in [5.74, 6) is -2.41. The summed E-state index contributed by atoms with van der Waals surface area (Å²) < 4.78 is 0. The first kappa shape index (κ1) is 17.2. The molecule has 0 aromatic carbocycles. The molecule has 0 radical (unpaired) electrons. The van der Waals surface area contributed by atoms with Gasteiger partial charge in [-0.15, -0.1) is 0 Å². The molecular formula is C15H23NO5. The SMILES string of the molecule is C=C(C[C@@H]1C[C@@H](C(=O)O)N(C(=O)O)C1=O)C(C)C(C)(C)C. The lowest BCUT2D eigenvalue weighted by Gasteiger charge is -2.30. The van der Waals surface area contributed by atoms with E-state index in [2.05, 4.69) is 27.4 Å². The van der Waals surface area contributed by atoms with Gasteiger partial charge in [0.05, 0.1) is 0 Å². The van der Waals surface area contributed by atoms with Crippen LogP contribution in [0.3, 0.4) is 0 Å². The van der Waals surface area contributed by atoms with Gasteiger partial charge in [0.2, 0.25) is 5.91 Å². The molecule has 1 aliphatic rings. The van der Waals surface area contributed by atoms with E-state index in [-0.39, 0.29) is 17.8 Å². The van der Waals surface area contributed by atoms with Crippen LogP contribution < -0.4 is 0 Å². The molecule has 0 aromatic rings. The summed E-state index contributed by atoms with van der Waals surface area (Å²) in [5, 5.41) is 18.1. The van der Waals surface area contributed by atoms with Crippen molar-refractivity contribution >= 4 is 18.0 Å². The van der Waals surface area contributed by atoms with Crippen LogP contribution >= 0.6 is 0 Å². The lowest BCUT2D eigenvalue weighted by Crippen LogP contribution is -2.42. The van der Waals surface area contributed by atoms with Crippen LogP contribution in [0.2, 0.25) is 0 Å². The van der Waals surface area contributed by atoms with Crippen LogP contribution in [-0.4, -0.2) is 39.1 Å². The topological polar surface area (TPSA) is 94.9 Å². The van der Waals surface area contributed by atoms with E-state index in [0.29, 0.717) is 11.3 Å². The van der Waals surface area contributed by atoms with Gasteiger partial charge in [0.25, 0.3) is 0 Å². The van der Waals surface area contributed by atoms with Crippen molar-refractivity contribution in [3.63, 3.8) is 0 Å². The van der Waals surface area contributed by atoms with Crippen LogP contribution in [-0.2, 0) is 9.59 Å². The maximum absolute atomic E-state index is 12.1. The molecule has 1 heterocycles. The Morgan fingerprint density at radius 3 is 2.24 bits per heavy atom. The van der Waals surface area contributed by atoms with Gasteiger partial charge in [-0.2, -0.15) is 0 Å². The number of carboxylic acid groups (broad SMARTS) is 2. The summed E-state index contributed by atoms with van der Waals surface area (Å²) in [6.07, 6.45) is -1.18. The maximum atomic E-state index is 12.1. The number of imide groups is 1. The fourth-order valence-corrected chi connectivity index (χ4v) is 2.54. The fraction of sp³-hybridized carbons (Fsp3) is 0.667. The number of rotatable bonds is 4. The lowest BCUT2D eigenvalue weighted by atomic mass is 9.75. The first-order chi connectivity index (χ1) is 9.46. The van der Waals surface area contributed by atoms with E-state index in [1.807, 2.05) is 6.92 Å². The van der Waals surface area contributed by atoms with Gasteiger partial charge in [-0.05, 0) is 24.2 Å². The van der Waals surface area contributed by atoms with Gasteiger partial charge >= 0.3 is 12.1 Å². The number of hydrogen-bond donors (Lipinski definition) is 2. The third kappa shape index (κ3) is 3.62. The molecule has 1 unspecified atom stereocenters. The molecule has 118 valence electrons. The Bertz CT molecular complexity index is 477. The van der Waals surface area contributed by atoms with Gasteiger partial charge in [-0.3, -0.25) is 4.79 Å². The van der Waals surface area contributed by atoms with Crippen molar-refractivity contribution in [2.75, 3.05) is 0 Å². The minimum Gasteiger partial charge on any atom is -0.480 e. The summed E-state index contributed by atoms with van der Waals surface area (Å²) in [4.78, 5) is 34.7. The summed E-state index contributed by atoms with van der Waals surface area (Å²) in [5.41, 5.74) is 0.828. The number of nitrogens with zero attached hydrogens (tertiary/aromatic N) is 1. The monoisotopic (exact) mass is 297 g/mol. The van der Waals surface area contributed by atoms with Crippen molar-refractivity contribution in [1.82, 2.24) is 4.90 Å². The van der Waals surface area contributed by atoms with Crippen LogP contribution in [0.5, 0.6) is 0 Å². The van der Waals surface area contributed by atoms with E-state index in [4.69, 9.17) is 10.2 Å². The average molecular weight is 297 g/mol. The third-order valence-electron chi connectivity index (χ3n) is 4.32. The lowest BCUT2D eigenvalue weighted by molar-refractivity contribution is -0.145. The highest BCUT2D eigenvalue weighted by molar-refractivity contribution is 5.99. The molecule has 3 atom stereocenters. The number of likely N-dealkylation sites (tertiary alicyclic amines) is 1. The zero-order valence-corrected chi connectivity index (χ0v) is 12.9. The molecule has 6 nitrogen and oxygen atoms in total. The average Bonchev–Trinajstić information content (AvgIpc) is 2.64. The minimum atomic E-state index is -1.51. The van der Waals surface area contributed by atoms with Gasteiger partial charge in [-0.25, -0.2) is 14.5 Å². The highest BCUT2D eigenvalue weighted by atomic mass is 16.4. The van der Waals surface area contributed by atoms with Gasteiger partial charge < -0.3 is 10.2 Å². The Kier molecular flexibility index (Phi) is 4.81. The maximum Gasteiger partial charge on any atom is 0.414 e. The number of carboxylic acids is 1. The molecule has 0 saturated carbocycles. The van der Waals surface area contributed by atoms with Crippen molar-refractivity contribution in [2.24, 2.45) is 17.3 Å². The molecule has 1 saturated heterocycles. The predicted octanol–water partition coefficient (Wildman–Crippen LogP) is 2.59. The van der Waals surface area contributed by atoms with Crippen LogP contribution in [0.4, 0.5) is 4.79 Å². The molecule has 0 bridgehead atoms. The molecule has 6 heteroatoms. The van der Waals surface area contributed by atoms with Gasteiger partial charge in [0.15, 0.2) is 0 Å². The molecule has 1 aliphatic heterocycles. The smallest absolute Gasteiger partial charge is 0.414 e. The molecule has 2 N–H and O–H groups in total. The molecular weight excluding hydrogens is 274 g/mol. The largest absolute Gasteiger partial charge is 0.480 e. The standard InChI is InChI=1S/C15H23NO5/c1-8(9(2)15(3,4)5)6-10-7-11(13(18)19)16(12(10)17)14(20)21/h9-11H,1,6-7H2,2-5H3,(H,18,19)(H,20,21)/t9?,10-,11+/m1/s1. The van der Waals surface area contributed by atoms with Crippen molar-refractivity contribution in [3.8, 4) is 0 Å². The van der Waals surface area contributed by atoms with Crippen LogP contribution in [0.25, 0.3) is 0 Å². The normalized spacial score (nSPS) is 24.0. The summed E-state index contributed by atoms with van der Waals surface area (Å²) in [6.45, 7) is 12.2. The van der Waals surface area contributed by atoms with Gasteiger partial charge in [-0.1, -0.05) is 39.8 Å². The quantitative estimate of drug-likeness (QED) is 0.778. The summed E-state index contributed by atoms with van der Waals surface area (Å²) in [6, 6.07) is -1.29. The molecule has 0 aliphatic carbocycles. The Morgan fingerprint density at radius 1 is 1.38 bits per heavy atom. The minimum absolute atomic E-state index is 0.0103. The number of allylic oxidation sites excluding steroid dienone is 1. The predicted molar refractivity (Wildman–Crippen MR) is 76.8 cm³/mol. The van der Waals surface area contributed by atoms with Gasteiger partial charge in [0.1, 0.15) is 6.04 Å². The molecule has 1 rings (SSSR count). The van der Waals surface area contributed by atoms with Crippen LogP contribution in [0.15, 0.2) is 12.2 Å². The Balaban J connectivity index is 2.87. The Hall–Kier alpha value is -1.85. The highest BCUT2D eigenvalue weighted by Gasteiger charge is 2.47. The number of carbonyl (C=O) groups excluding carboxylic acids is 1. The molecule has 21 heavy (non-hydrogen) atoms. The third-order valence-corrected chi connectivity index (χ3v) is 4.32. The second-order valence-corrected chi connectivity index (χ2v) is 6.73. The van der Waals surface area contributed by atoms with E-state index in [9.17, 15) is 14.4 Å². The molecule has 0 spiro atoms. The number of aliphatic carboxylic acids is 1. The van der Waals surface area contributed by atoms with E-state index < -0.39 is 29.9 Å². The van der Waals surface area contributed by atoms with E-state index in [1.165, 1.54) is 0 Å². The van der Waals surface area contributed by atoms with Gasteiger partial charge in [0, 0.05) is 5.92 Å². The Labute approximate surface area is 124 Å². The van der Waals surface area contributed by atoms with Crippen molar-refractivity contribution in [3.05, 3.63) is 12.2 Å². The molecule has 0 aromatic heterocycles. The fourth-order valence-electron chi connectivity index (χ4n) is 2.54. The number of amides is 2. The Morgan fingerprint density at radius 2 is 1.90 bits per heavy atom. The van der Waals surface area contributed by atoms with Crippen molar-refractivity contribution < 1.29 is 24.6 Å². The molecule has 1 fully saturated rings. The zero-order valence-electron chi connectivity index (χ0n) is 12.9. The van der Waals surface area contributed by atoms with E-state index in [0.717, 1.165) is 5.57 Å². The summed E-state index contributed by atoms with van der Waals surface area (Å²) >= 11 is 0. The van der Waals surface area contributed by atoms with Crippen LogP contribution in [0.1, 0.15) is 40.5 Å². The summed E-state index contributed by atoms with van der Waals surface area (Å²) in [7, 11) is 0. The van der Waals surface area contributed by atoms with E-state index in [1.54, 1.807) is 0 Å². The number of carbonyl (C=O) groups is 3. The first-order valence-corrected chi connectivity index (χ1v) is 6.93. The second kappa shape index (κ2) is 5.87. The first-order valence-electron chi connectivity index (χ1n) is 6.93. The van der Waals surface area contributed by atoms with Crippen LogP contribution in [0, 0.1) is 17.3 Å². The highest BCUT2D eigenvalue weighted by Crippen LogP contribution is 2.37. The number of hydrogen-bond acceptors (Lipinski definition) is 3. The van der Waals surface area contributed by atoms with Crippen molar-refractivity contribution in [2.45, 2.75) is 46.6 Å². The second-order valence-electron chi connectivity index (χ2n) is 6.73. The van der Waals surface area contributed by atoms with E-state index >= 15 is 0 Å². The van der Waals surface area contributed by atoms with Crippen molar-refractivity contribution in [1.29, 1.82) is 0 Å². The zero-order chi connectivity index (χ0) is 16.5.